The summed E-state index contributed by atoms with van der Waals surface area (Å²) in [5, 5.41) is 5.66. The second-order valence-corrected chi connectivity index (χ2v) is 9.85. The molecule has 196 valence electrons. The molecule has 2 atom stereocenters. The molecule has 0 aromatic heterocycles. The predicted molar refractivity (Wildman–Crippen MR) is 129 cm³/mol. The number of carbonyl (C=O) groups excluding carboxylic acids is 3. The molecule has 2 heterocycles. The molecule has 37 heavy (non-hydrogen) atoms. The maximum absolute atomic E-state index is 13.1. The van der Waals surface area contributed by atoms with Crippen molar-refractivity contribution in [3.05, 3.63) is 58.7 Å². The minimum Gasteiger partial charge on any atom is -0.489 e. The molecule has 3 aliphatic rings. The normalized spacial score (nSPS) is 20.5. The zero-order chi connectivity index (χ0) is 26.1. The summed E-state index contributed by atoms with van der Waals surface area (Å²) in [5.74, 6) is -0.172. The second-order valence-electron chi connectivity index (χ2n) is 9.85. The summed E-state index contributed by atoms with van der Waals surface area (Å²) in [7, 11) is 0. The lowest BCUT2D eigenvalue weighted by Gasteiger charge is -2.22. The zero-order valence-electron chi connectivity index (χ0n) is 20.5. The largest absolute Gasteiger partial charge is 0.489 e. The number of hydrogen-bond acceptors (Lipinski definition) is 5. The highest BCUT2D eigenvalue weighted by atomic mass is 19.3. The molecule has 1 aliphatic carbocycles. The molecule has 2 N–H and O–H groups in total. The van der Waals surface area contributed by atoms with Crippen LogP contribution in [0, 0.1) is 5.92 Å². The molecular weight excluding hydrogens is 484 g/mol. The third kappa shape index (κ3) is 5.68. The van der Waals surface area contributed by atoms with E-state index < -0.39 is 12.7 Å². The highest BCUT2D eigenvalue weighted by Gasteiger charge is 2.39. The van der Waals surface area contributed by atoms with Gasteiger partial charge in [0.15, 0.2) is 11.5 Å². The van der Waals surface area contributed by atoms with Crippen LogP contribution < -0.4 is 20.1 Å². The zero-order valence-corrected chi connectivity index (χ0v) is 20.5. The highest BCUT2D eigenvalue weighted by Crippen LogP contribution is 2.39. The first-order valence-corrected chi connectivity index (χ1v) is 12.4. The van der Waals surface area contributed by atoms with Crippen LogP contribution in [0.25, 0.3) is 0 Å². The van der Waals surface area contributed by atoms with Gasteiger partial charge < -0.3 is 25.0 Å². The second kappa shape index (κ2) is 10.4. The molecule has 1 unspecified atom stereocenters. The maximum Gasteiger partial charge on any atom is 0.387 e. The quantitative estimate of drug-likeness (QED) is 0.536. The Labute approximate surface area is 213 Å². The van der Waals surface area contributed by atoms with E-state index in [0.717, 1.165) is 29.5 Å². The highest BCUT2D eigenvalue weighted by molar-refractivity contribution is 5.98. The average Bonchev–Trinajstić information content (AvgIpc) is 3.47. The van der Waals surface area contributed by atoms with Crippen molar-refractivity contribution in [1.82, 2.24) is 15.5 Å². The average molecular weight is 514 g/mol. The Bertz CT molecular complexity index is 1220. The molecule has 2 aromatic carbocycles. The van der Waals surface area contributed by atoms with Gasteiger partial charge in [0.2, 0.25) is 11.8 Å². The molecule has 1 saturated heterocycles. The first kappa shape index (κ1) is 25.0. The van der Waals surface area contributed by atoms with Crippen molar-refractivity contribution in [1.29, 1.82) is 0 Å². The van der Waals surface area contributed by atoms with Crippen LogP contribution >= 0.6 is 0 Å². The van der Waals surface area contributed by atoms with Gasteiger partial charge in [-0.2, -0.15) is 8.78 Å². The van der Waals surface area contributed by atoms with E-state index in [4.69, 9.17) is 4.74 Å². The van der Waals surface area contributed by atoms with Crippen molar-refractivity contribution in [3.63, 3.8) is 0 Å². The van der Waals surface area contributed by atoms with E-state index in [-0.39, 0.29) is 41.7 Å². The van der Waals surface area contributed by atoms with Crippen LogP contribution in [0.1, 0.15) is 59.2 Å². The number of halogens is 2. The molecule has 2 aliphatic heterocycles. The van der Waals surface area contributed by atoms with E-state index in [9.17, 15) is 23.2 Å². The SMILES string of the molecule is CC(=O)N1CC(c2ccc(OC(F)F)c(OCC3CC3)c2)C[C@@H]1C(=O)NCc1ccc2c(c1)C(=O)NC2. The van der Waals surface area contributed by atoms with Gasteiger partial charge in [-0.15, -0.1) is 0 Å². The van der Waals surface area contributed by atoms with E-state index in [2.05, 4.69) is 15.4 Å². The van der Waals surface area contributed by atoms with Gasteiger partial charge >= 0.3 is 6.61 Å². The fourth-order valence-corrected chi connectivity index (χ4v) is 4.93. The molecule has 0 spiro atoms. The van der Waals surface area contributed by atoms with Gasteiger partial charge in [-0.3, -0.25) is 14.4 Å². The number of benzene rings is 2. The molecular formula is C27H29F2N3O5. The number of ether oxygens (including phenoxy) is 2. The lowest BCUT2D eigenvalue weighted by molar-refractivity contribution is -0.136. The van der Waals surface area contributed by atoms with Crippen LogP contribution in [-0.4, -0.2) is 48.4 Å². The van der Waals surface area contributed by atoms with Crippen LogP contribution in [-0.2, 0) is 22.7 Å². The third-order valence-electron chi connectivity index (χ3n) is 7.16. The van der Waals surface area contributed by atoms with E-state index in [1.807, 2.05) is 12.1 Å². The Kier molecular flexibility index (Phi) is 6.99. The lowest BCUT2D eigenvalue weighted by atomic mass is 9.95. The Hall–Kier alpha value is -3.69. The Morgan fingerprint density at radius 2 is 1.97 bits per heavy atom. The molecule has 0 radical (unpaired) electrons. The molecule has 0 bridgehead atoms. The molecule has 2 fully saturated rings. The van der Waals surface area contributed by atoms with Gasteiger partial charge in [0.25, 0.3) is 5.91 Å². The summed E-state index contributed by atoms with van der Waals surface area (Å²) >= 11 is 0. The summed E-state index contributed by atoms with van der Waals surface area (Å²) in [6, 6.07) is 9.65. The first-order chi connectivity index (χ1) is 17.8. The smallest absolute Gasteiger partial charge is 0.387 e. The van der Waals surface area contributed by atoms with Gasteiger partial charge in [0.05, 0.1) is 6.61 Å². The fraction of sp³-hybridized carbons (Fsp3) is 0.444. The minimum absolute atomic E-state index is 0.0295. The molecule has 10 heteroatoms. The number of alkyl halides is 2. The van der Waals surface area contributed by atoms with E-state index in [1.54, 1.807) is 18.2 Å². The Morgan fingerprint density at radius 3 is 2.70 bits per heavy atom. The monoisotopic (exact) mass is 513 g/mol. The van der Waals surface area contributed by atoms with Crippen LogP contribution in [0.4, 0.5) is 8.78 Å². The lowest BCUT2D eigenvalue weighted by Crippen LogP contribution is -2.44. The maximum atomic E-state index is 13.1. The van der Waals surface area contributed by atoms with E-state index in [0.29, 0.717) is 37.6 Å². The van der Waals surface area contributed by atoms with Gasteiger partial charge in [-0.1, -0.05) is 18.2 Å². The number of nitrogens with zero attached hydrogens (tertiary/aromatic N) is 1. The fourth-order valence-electron chi connectivity index (χ4n) is 4.93. The molecule has 1 saturated carbocycles. The molecule has 5 rings (SSSR count). The van der Waals surface area contributed by atoms with E-state index in [1.165, 1.54) is 17.9 Å². The van der Waals surface area contributed by atoms with Crippen LogP contribution in [0.5, 0.6) is 11.5 Å². The van der Waals surface area contributed by atoms with Gasteiger partial charge in [-0.25, -0.2) is 0 Å². The summed E-state index contributed by atoms with van der Waals surface area (Å²) < 4.78 is 36.2. The van der Waals surface area contributed by atoms with Crippen LogP contribution in [0.15, 0.2) is 36.4 Å². The van der Waals surface area contributed by atoms with Crippen molar-refractivity contribution in [2.24, 2.45) is 5.92 Å². The topological polar surface area (TPSA) is 97.0 Å². The van der Waals surface area contributed by atoms with Crippen molar-refractivity contribution in [2.45, 2.75) is 57.8 Å². The van der Waals surface area contributed by atoms with E-state index >= 15 is 0 Å². The summed E-state index contributed by atoms with van der Waals surface area (Å²) in [6.45, 7) is -0.0644. The number of likely N-dealkylation sites (tertiary alicyclic amines) is 1. The van der Waals surface area contributed by atoms with Crippen molar-refractivity contribution >= 4 is 17.7 Å². The summed E-state index contributed by atoms with van der Waals surface area (Å²) in [5.41, 5.74) is 3.11. The third-order valence-corrected chi connectivity index (χ3v) is 7.16. The summed E-state index contributed by atoms with van der Waals surface area (Å²) in [6.07, 6.45) is 2.49. The Morgan fingerprint density at radius 1 is 1.16 bits per heavy atom. The predicted octanol–water partition coefficient (Wildman–Crippen LogP) is 3.34. The first-order valence-electron chi connectivity index (χ1n) is 12.4. The number of nitrogens with one attached hydrogen (secondary N) is 2. The van der Waals surface area contributed by atoms with Crippen molar-refractivity contribution in [3.8, 4) is 11.5 Å². The number of rotatable bonds is 9. The van der Waals surface area contributed by atoms with Gasteiger partial charge in [0, 0.05) is 38.0 Å². The Balaban J connectivity index is 1.28. The molecule has 8 nitrogen and oxygen atoms in total. The number of carbonyl (C=O) groups is 3. The van der Waals surface area contributed by atoms with Crippen LogP contribution in [0.2, 0.25) is 0 Å². The molecule has 3 amide bonds. The van der Waals surface area contributed by atoms with Crippen molar-refractivity contribution in [2.75, 3.05) is 13.2 Å². The van der Waals surface area contributed by atoms with Gasteiger partial charge in [-0.05, 0) is 60.1 Å². The number of hydrogen-bond donors (Lipinski definition) is 2. The van der Waals surface area contributed by atoms with Gasteiger partial charge in [0.1, 0.15) is 6.04 Å². The van der Waals surface area contributed by atoms with Crippen LogP contribution in [0.3, 0.4) is 0 Å². The number of fused-ring (bicyclic) bond motifs is 1. The number of amides is 3. The standard InChI is InChI=1S/C27H29F2N3O5/c1-15(33)32-13-20(18-6-7-23(37-27(28)29)24(10-18)36-14-16-2-3-16)9-22(32)26(35)30-11-17-4-5-19-12-31-25(34)21(19)8-17/h4-8,10,16,20,22,27H,2-3,9,11-14H2,1H3,(H,30,35)(H,31,34)/t20?,22-/m1/s1. The summed E-state index contributed by atoms with van der Waals surface area (Å²) in [4.78, 5) is 39.0. The minimum atomic E-state index is -2.97. The van der Waals surface area contributed by atoms with Crippen molar-refractivity contribution < 1.29 is 32.6 Å². The molecule has 2 aromatic rings.